The second-order valence-electron chi connectivity index (χ2n) is 10.5. The van der Waals surface area contributed by atoms with E-state index in [1.54, 1.807) is 24.8 Å². The molecule has 0 spiro atoms. The van der Waals surface area contributed by atoms with Crippen LogP contribution in [0.5, 0.6) is 0 Å². The van der Waals surface area contributed by atoms with Crippen molar-refractivity contribution in [1.29, 1.82) is 0 Å². The molecule has 1 amide bonds. The van der Waals surface area contributed by atoms with Gasteiger partial charge in [-0.3, -0.25) is 24.8 Å². The summed E-state index contributed by atoms with van der Waals surface area (Å²) in [5.74, 6) is -0.281. The maximum Gasteiger partial charge on any atom is 0.224 e. The maximum atomic E-state index is 14.6. The molecule has 0 aliphatic rings. The lowest BCUT2D eigenvalue weighted by Crippen LogP contribution is -2.20. The monoisotopic (exact) mass is 613 g/mol. The molecule has 0 radical (unpaired) electrons. The number of benzene rings is 1. The Balaban J connectivity index is 1.38. The van der Waals surface area contributed by atoms with Gasteiger partial charge in [0, 0.05) is 41.6 Å². The Labute approximate surface area is 251 Å². The Morgan fingerprint density at radius 1 is 1.02 bits per heavy atom. The molecule has 0 aliphatic carbocycles. The zero-order valence-corrected chi connectivity index (χ0v) is 24.6. The van der Waals surface area contributed by atoms with E-state index in [2.05, 4.69) is 35.5 Å². The predicted octanol–water partition coefficient (Wildman–Crippen LogP) is 4.89. The fourth-order valence-corrected chi connectivity index (χ4v) is 5.53. The maximum absolute atomic E-state index is 14.6. The van der Waals surface area contributed by atoms with Crippen LogP contribution in [0.4, 0.5) is 10.1 Å². The molecule has 1 unspecified atom stereocenters. The summed E-state index contributed by atoms with van der Waals surface area (Å²) in [6.07, 6.45) is 11.2. The first kappa shape index (κ1) is 29.0. The Morgan fingerprint density at radius 3 is 2.64 bits per heavy atom. The number of fused-ring (bicyclic) bond motifs is 2. The number of anilines is 1. The van der Waals surface area contributed by atoms with Crippen molar-refractivity contribution >= 4 is 43.4 Å². The number of nitrogens with one attached hydrogen (secondary N) is 3. The van der Waals surface area contributed by atoms with E-state index in [0.29, 0.717) is 62.6 Å². The fraction of sp³-hybridized carbons (Fsp3) is 0.200. The van der Waals surface area contributed by atoms with Crippen LogP contribution >= 0.6 is 0 Å². The summed E-state index contributed by atoms with van der Waals surface area (Å²) in [5, 5.41) is 9.67. The van der Waals surface area contributed by atoms with E-state index in [-0.39, 0.29) is 11.5 Å². The van der Waals surface area contributed by atoms with Crippen LogP contribution in [0.25, 0.3) is 55.8 Å². The van der Waals surface area contributed by atoms with Gasteiger partial charge in [0.2, 0.25) is 5.91 Å². The zero-order chi connectivity index (χ0) is 31.0. The number of hydrogen-bond donors (Lipinski definition) is 4. The van der Waals surface area contributed by atoms with E-state index >= 15 is 0 Å². The van der Waals surface area contributed by atoms with Gasteiger partial charge >= 0.3 is 0 Å². The Kier molecular flexibility index (Phi) is 7.61. The van der Waals surface area contributed by atoms with Crippen molar-refractivity contribution in [1.82, 2.24) is 35.1 Å². The molecule has 14 heteroatoms. The highest BCUT2D eigenvalue weighted by molar-refractivity contribution is 7.90. The third-order valence-corrected chi connectivity index (χ3v) is 8.36. The van der Waals surface area contributed by atoms with E-state index in [9.17, 15) is 17.6 Å². The third kappa shape index (κ3) is 5.76. The van der Waals surface area contributed by atoms with E-state index in [1.807, 2.05) is 19.1 Å². The lowest BCUT2D eigenvalue weighted by molar-refractivity contribution is -0.116. The summed E-state index contributed by atoms with van der Waals surface area (Å²) in [6.45, 7) is 2.03. The van der Waals surface area contributed by atoms with Gasteiger partial charge in [-0.2, -0.15) is 5.10 Å². The summed E-state index contributed by atoms with van der Waals surface area (Å²) < 4.78 is 38.7. The van der Waals surface area contributed by atoms with Crippen molar-refractivity contribution in [3.63, 3.8) is 0 Å². The van der Waals surface area contributed by atoms with Gasteiger partial charge in [-0.25, -0.2) is 17.8 Å². The molecule has 5 aromatic heterocycles. The van der Waals surface area contributed by atoms with Gasteiger partial charge in [0.25, 0.3) is 0 Å². The lowest BCUT2D eigenvalue weighted by atomic mass is 10.0. The average Bonchev–Trinajstić information content (AvgIpc) is 3.62. The number of nitrogens with zero attached hydrogens (tertiary/aromatic N) is 5. The van der Waals surface area contributed by atoms with Crippen molar-refractivity contribution in [2.75, 3.05) is 11.6 Å². The minimum atomic E-state index is -3.66. The van der Waals surface area contributed by atoms with Crippen LogP contribution < -0.4 is 11.1 Å². The molecule has 224 valence electrons. The normalized spacial score (nSPS) is 12.5. The zero-order valence-electron chi connectivity index (χ0n) is 23.8. The number of carbonyl (C=O) groups is 1. The van der Waals surface area contributed by atoms with Crippen molar-refractivity contribution in [3.8, 4) is 33.9 Å². The van der Waals surface area contributed by atoms with Crippen LogP contribution in [0.2, 0.25) is 0 Å². The number of H-pyrrole nitrogens is 2. The minimum Gasteiger partial charge on any atom is -0.335 e. The predicted molar refractivity (Wildman–Crippen MR) is 165 cm³/mol. The minimum absolute atomic E-state index is 0.0715. The fourth-order valence-electron chi connectivity index (χ4n) is 4.90. The molecule has 0 bridgehead atoms. The second-order valence-corrected chi connectivity index (χ2v) is 12.7. The number of halogens is 1. The number of amides is 1. The van der Waals surface area contributed by atoms with E-state index < -0.39 is 21.0 Å². The third-order valence-electron chi connectivity index (χ3n) is 7.16. The molecule has 0 fully saturated rings. The van der Waals surface area contributed by atoms with Gasteiger partial charge < -0.3 is 16.0 Å². The number of nitrogens with two attached hydrogens (primary N) is 1. The van der Waals surface area contributed by atoms with Crippen molar-refractivity contribution in [2.24, 2.45) is 5.73 Å². The molecule has 0 saturated heterocycles. The Morgan fingerprint density at radius 2 is 1.84 bits per heavy atom. The van der Waals surface area contributed by atoms with Crippen molar-refractivity contribution in [3.05, 3.63) is 72.7 Å². The van der Waals surface area contributed by atoms with Gasteiger partial charge in [0.15, 0.2) is 15.7 Å². The molecule has 6 aromatic rings. The van der Waals surface area contributed by atoms with Crippen LogP contribution in [0.3, 0.4) is 0 Å². The summed E-state index contributed by atoms with van der Waals surface area (Å²) in [7, 11) is -3.66. The molecular formula is C30H28FN9O3S. The highest BCUT2D eigenvalue weighted by Crippen LogP contribution is 2.33. The van der Waals surface area contributed by atoms with Crippen LogP contribution in [0.15, 0.2) is 61.3 Å². The number of pyridine rings is 3. The van der Waals surface area contributed by atoms with Gasteiger partial charge in [-0.05, 0) is 47.9 Å². The van der Waals surface area contributed by atoms with E-state index in [1.165, 1.54) is 18.3 Å². The molecule has 0 aliphatic heterocycles. The number of aromatic nitrogens is 7. The average molecular weight is 614 g/mol. The number of imidazole rings is 1. The first-order valence-electron chi connectivity index (χ1n) is 13.8. The highest BCUT2D eigenvalue weighted by atomic mass is 32.2. The summed E-state index contributed by atoms with van der Waals surface area (Å²) in [6, 6.07) is 7.57. The number of rotatable bonds is 9. The second kappa shape index (κ2) is 11.5. The van der Waals surface area contributed by atoms with Gasteiger partial charge in [-0.15, -0.1) is 0 Å². The molecule has 44 heavy (non-hydrogen) atoms. The molecule has 6 rings (SSSR count). The summed E-state index contributed by atoms with van der Waals surface area (Å²) in [4.78, 5) is 33.3. The van der Waals surface area contributed by atoms with Crippen LogP contribution in [-0.2, 0) is 14.6 Å². The van der Waals surface area contributed by atoms with Gasteiger partial charge in [-0.1, -0.05) is 13.3 Å². The molecule has 1 atom stereocenters. The number of unbranched alkanes of at least 4 members (excludes halogenated alkanes) is 1. The number of hydrogen-bond acceptors (Lipinski definition) is 9. The van der Waals surface area contributed by atoms with Crippen LogP contribution in [0.1, 0.15) is 37.1 Å². The quantitative estimate of drug-likeness (QED) is 0.176. The van der Waals surface area contributed by atoms with Crippen molar-refractivity contribution < 1.29 is 17.6 Å². The van der Waals surface area contributed by atoms with Gasteiger partial charge in [0.1, 0.15) is 16.9 Å². The van der Waals surface area contributed by atoms with Crippen LogP contribution in [-0.4, -0.2) is 55.7 Å². The first-order chi connectivity index (χ1) is 21.1. The molecule has 0 saturated carbocycles. The smallest absolute Gasteiger partial charge is 0.224 e. The van der Waals surface area contributed by atoms with Crippen LogP contribution in [0, 0.1) is 5.82 Å². The Bertz CT molecular complexity index is 2140. The molecular weight excluding hydrogens is 585 g/mol. The molecule has 5 heterocycles. The largest absolute Gasteiger partial charge is 0.335 e. The number of carbonyl (C=O) groups excluding carboxylic acids is 1. The summed E-state index contributed by atoms with van der Waals surface area (Å²) >= 11 is 0. The first-order valence-corrected chi connectivity index (χ1v) is 15.7. The Hall–Kier alpha value is -5.08. The highest BCUT2D eigenvalue weighted by Gasteiger charge is 2.21. The van der Waals surface area contributed by atoms with E-state index in [0.717, 1.165) is 30.6 Å². The van der Waals surface area contributed by atoms with E-state index in [4.69, 9.17) is 10.7 Å². The summed E-state index contributed by atoms with van der Waals surface area (Å²) in [5.41, 5.74) is 11.0. The lowest BCUT2D eigenvalue weighted by Gasteiger charge is -2.12. The SMILES string of the molecule is CCCCC(=O)Nc1cncc(-c2cc3c(-c4nc5c(-c6cc(F)cc(C(N)S(C)(=O)=O)c6)cncc5[nH]4)n[nH]c3cn2)c1. The molecule has 5 N–H and O–H groups in total. The van der Waals surface area contributed by atoms with Crippen molar-refractivity contribution in [2.45, 2.75) is 31.6 Å². The standard InChI is InChI=1S/C30H28FN9O3S/c1-3-4-5-26(41)36-20-9-18(11-33-12-20)23-10-21-24(15-35-23)39-40-28(21)30-37-25-14-34-13-22(27(25)38-30)16-6-17(8-19(31)7-16)29(32)44(2,42)43/h6-15,29H,3-5,32H2,1-2H3,(H,36,41)(H,37,38)(H,39,40). The molecule has 12 nitrogen and oxygen atoms in total. The van der Waals surface area contributed by atoms with Gasteiger partial charge in [0.05, 0.1) is 46.5 Å². The molecule has 1 aromatic carbocycles. The number of sulfone groups is 1. The number of aromatic amines is 2. The topological polar surface area (TPSA) is 185 Å².